The maximum Gasteiger partial charge on any atom is 0.191 e. The monoisotopic (exact) mass is 520 g/mol. The number of aromatic nitrogens is 1. The van der Waals surface area contributed by atoms with Crippen molar-refractivity contribution in [2.45, 2.75) is 26.5 Å². The topological polar surface area (TPSA) is 67.8 Å². The molecule has 0 aliphatic rings. The van der Waals surface area contributed by atoms with Crippen molar-refractivity contribution < 1.29 is 9.47 Å². The molecule has 0 aliphatic heterocycles. The van der Waals surface area contributed by atoms with E-state index in [0.29, 0.717) is 13.1 Å². The van der Waals surface area contributed by atoms with Gasteiger partial charge in [-0.3, -0.25) is 4.98 Å². The smallest absolute Gasteiger partial charge is 0.191 e. The van der Waals surface area contributed by atoms with Crippen LogP contribution in [0.1, 0.15) is 19.4 Å². The van der Waals surface area contributed by atoms with Gasteiger partial charge in [-0.25, -0.2) is 4.99 Å². The van der Waals surface area contributed by atoms with Crippen molar-refractivity contribution in [1.29, 1.82) is 0 Å². The van der Waals surface area contributed by atoms with Crippen LogP contribution in [0, 0.1) is 0 Å². The van der Waals surface area contributed by atoms with E-state index in [9.17, 15) is 0 Å². The molecule has 30 heavy (non-hydrogen) atoms. The molecular weight excluding hydrogens is 491 g/mol. The summed E-state index contributed by atoms with van der Waals surface area (Å²) >= 11 is 0. The lowest BCUT2D eigenvalue weighted by Crippen LogP contribution is -2.41. The third-order valence-electron chi connectivity index (χ3n) is 4.40. The predicted molar refractivity (Wildman–Crippen MR) is 133 cm³/mol. The molecule has 0 spiro atoms. The van der Waals surface area contributed by atoms with E-state index >= 15 is 0 Å². The van der Waals surface area contributed by atoms with Gasteiger partial charge in [-0.1, -0.05) is 30.3 Å². The van der Waals surface area contributed by atoms with Crippen LogP contribution in [0.2, 0.25) is 0 Å². The molecule has 2 N–H and O–H groups in total. The largest absolute Gasteiger partial charge is 0.497 e. The fourth-order valence-electron chi connectivity index (χ4n) is 2.99. The number of para-hydroxylation sites is 1. The van der Waals surface area contributed by atoms with Gasteiger partial charge < -0.3 is 20.1 Å². The maximum atomic E-state index is 5.97. The lowest BCUT2D eigenvalue weighted by molar-refractivity contribution is 0.223. The van der Waals surface area contributed by atoms with Crippen molar-refractivity contribution in [1.82, 2.24) is 15.6 Å². The van der Waals surface area contributed by atoms with Crippen molar-refractivity contribution in [2.24, 2.45) is 4.99 Å². The minimum absolute atomic E-state index is 0. The molecule has 0 saturated heterocycles. The Hall–Kier alpha value is -2.55. The van der Waals surface area contributed by atoms with Crippen molar-refractivity contribution >= 4 is 40.8 Å². The highest BCUT2D eigenvalue weighted by Gasteiger charge is 2.07. The quantitative estimate of drug-likeness (QED) is 0.262. The van der Waals surface area contributed by atoms with E-state index < -0.39 is 0 Å². The number of benzene rings is 2. The number of rotatable bonds is 8. The zero-order valence-electron chi connectivity index (χ0n) is 17.6. The molecule has 1 aromatic heterocycles. The summed E-state index contributed by atoms with van der Waals surface area (Å²) < 4.78 is 11.2. The van der Waals surface area contributed by atoms with Crippen LogP contribution in [0.5, 0.6) is 11.5 Å². The molecule has 3 rings (SSSR count). The van der Waals surface area contributed by atoms with Gasteiger partial charge in [0.25, 0.3) is 0 Å². The van der Waals surface area contributed by atoms with E-state index in [1.807, 2.05) is 56.4 Å². The van der Waals surface area contributed by atoms with Gasteiger partial charge in [0.2, 0.25) is 0 Å². The van der Waals surface area contributed by atoms with E-state index in [0.717, 1.165) is 40.5 Å². The molecule has 0 radical (unpaired) electrons. The summed E-state index contributed by atoms with van der Waals surface area (Å²) in [5.41, 5.74) is 2.09. The Labute approximate surface area is 195 Å². The highest BCUT2D eigenvalue weighted by Crippen LogP contribution is 2.20. The van der Waals surface area contributed by atoms with E-state index in [-0.39, 0.29) is 30.1 Å². The number of pyridine rings is 1. The van der Waals surface area contributed by atoms with Gasteiger partial charge >= 0.3 is 0 Å². The number of methoxy groups -OCH3 is 1. The van der Waals surface area contributed by atoms with Crippen molar-refractivity contribution in [3.8, 4) is 11.5 Å². The fourth-order valence-corrected chi connectivity index (χ4v) is 2.99. The molecule has 3 aromatic rings. The minimum atomic E-state index is -0.0369. The van der Waals surface area contributed by atoms with Gasteiger partial charge in [0.05, 0.1) is 25.7 Å². The Morgan fingerprint density at radius 3 is 2.63 bits per heavy atom. The van der Waals surface area contributed by atoms with Crippen molar-refractivity contribution in [2.75, 3.05) is 20.2 Å². The first-order valence-corrected chi connectivity index (χ1v) is 9.85. The number of nitrogens with one attached hydrogen (secondary N) is 2. The van der Waals surface area contributed by atoms with E-state index in [2.05, 4.69) is 33.8 Å². The van der Waals surface area contributed by atoms with Crippen LogP contribution < -0.4 is 20.1 Å². The lowest BCUT2D eigenvalue weighted by Gasteiger charge is -2.18. The summed E-state index contributed by atoms with van der Waals surface area (Å²) in [5, 5.41) is 7.75. The summed E-state index contributed by atoms with van der Waals surface area (Å²) in [5.74, 6) is 2.31. The third-order valence-corrected chi connectivity index (χ3v) is 4.40. The molecule has 160 valence electrons. The molecule has 0 amide bonds. The van der Waals surface area contributed by atoms with Crippen LogP contribution in [0.4, 0.5) is 0 Å². The van der Waals surface area contributed by atoms with E-state index in [1.54, 1.807) is 7.11 Å². The zero-order chi connectivity index (χ0) is 20.5. The summed E-state index contributed by atoms with van der Waals surface area (Å²) in [4.78, 5) is 9.22. The van der Waals surface area contributed by atoms with Crippen LogP contribution in [-0.2, 0) is 6.54 Å². The van der Waals surface area contributed by atoms with Gasteiger partial charge in [-0.05, 0) is 37.6 Å². The van der Waals surface area contributed by atoms with Crippen LogP contribution in [-0.4, -0.2) is 37.2 Å². The van der Waals surface area contributed by atoms with Crippen LogP contribution in [0.25, 0.3) is 10.9 Å². The van der Waals surface area contributed by atoms with Gasteiger partial charge in [0.15, 0.2) is 5.96 Å². The highest BCUT2D eigenvalue weighted by molar-refractivity contribution is 14.0. The summed E-state index contributed by atoms with van der Waals surface area (Å²) in [6.45, 7) is 6.02. The molecule has 7 heteroatoms. The second-order valence-electron chi connectivity index (χ2n) is 6.68. The number of halogens is 1. The maximum absolute atomic E-state index is 5.97. The zero-order valence-corrected chi connectivity index (χ0v) is 19.9. The second-order valence-corrected chi connectivity index (χ2v) is 6.68. The first kappa shape index (κ1) is 23.7. The van der Waals surface area contributed by atoms with E-state index in [4.69, 9.17) is 14.5 Å². The number of ether oxygens (including phenoxy) is 2. The van der Waals surface area contributed by atoms with Crippen LogP contribution >= 0.6 is 24.0 Å². The third kappa shape index (κ3) is 6.76. The molecule has 0 bridgehead atoms. The Morgan fingerprint density at radius 1 is 1.07 bits per heavy atom. The van der Waals surface area contributed by atoms with Gasteiger partial charge in [-0.15, -0.1) is 24.0 Å². The summed E-state index contributed by atoms with van der Waals surface area (Å²) in [6.07, 6.45) is 1.78. The number of aliphatic imine (C=N–C) groups is 1. The van der Waals surface area contributed by atoms with E-state index in [1.165, 1.54) is 0 Å². The first-order valence-electron chi connectivity index (χ1n) is 9.85. The molecule has 0 aliphatic carbocycles. The Morgan fingerprint density at radius 2 is 1.83 bits per heavy atom. The number of fused-ring (bicyclic) bond motifs is 1. The Kier molecular flexibility index (Phi) is 9.66. The highest BCUT2D eigenvalue weighted by atomic mass is 127. The summed E-state index contributed by atoms with van der Waals surface area (Å²) in [7, 11) is 1.65. The van der Waals surface area contributed by atoms with Gasteiger partial charge in [0.1, 0.15) is 17.6 Å². The predicted octanol–water partition coefficient (Wildman–Crippen LogP) is 4.38. The van der Waals surface area contributed by atoms with Crippen molar-refractivity contribution in [3.63, 3.8) is 0 Å². The lowest BCUT2D eigenvalue weighted by atomic mass is 10.1. The Bertz CT molecular complexity index is 959. The van der Waals surface area contributed by atoms with Gasteiger partial charge in [-0.2, -0.15) is 0 Å². The molecule has 0 fully saturated rings. The number of guanidine groups is 1. The second kappa shape index (κ2) is 12.2. The molecule has 1 unspecified atom stereocenters. The molecule has 0 saturated carbocycles. The van der Waals surface area contributed by atoms with Crippen molar-refractivity contribution in [3.05, 3.63) is 66.4 Å². The standard InChI is InChI=1S/C23H28N4O2.HI/c1-4-24-23(26-15-17(2)29-21-12-6-11-20(14-21)28-3)27-16-19-9-5-8-18-10-7-13-25-22(18)19;/h5-14,17H,4,15-16H2,1-3H3,(H2,24,26,27);1H. The number of hydrogen-bond donors (Lipinski definition) is 2. The fraction of sp³-hybridized carbons (Fsp3) is 0.304. The number of hydrogen-bond acceptors (Lipinski definition) is 4. The van der Waals surface area contributed by atoms with Gasteiger partial charge in [0, 0.05) is 24.2 Å². The average molecular weight is 520 g/mol. The first-order chi connectivity index (χ1) is 14.2. The molecule has 1 atom stereocenters. The minimum Gasteiger partial charge on any atom is -0.497 e. The SMILES string of the molecule is CCNC(=NCc1cccc2cccnc12)NCC(C)Oc1cccc(OC)c1.I. The Balaban J connectivity index is 0.00000320. The molecular formula is C23H29IN4O2. The summed E-state index contributed by atoms with van der Waals surface area (Å²) in [6, 6.07) is 17.8. The van der Waals surface area contributed by atoms with Crippen LogP contribution in [0.15, 0.2) is 65.8 Å². The molecule has 1 heterocycles. The number of nitrogens with zero attached hydrogens (tertiary/aromatic N) is 2. The molecule has 2 aromatic carbocycles. The normalized spacial score (nSPS) is 12.0. The average Bonchev–Trinajstić information content (AvgIpc) is 2.75. The molecule has 6 nitrogen and oxygen atoms in total. The van der Waals surface area contributed by atoms with Crippen LogP contribution in [0.3, 0.4) is 0 Å².